The van der Waals surface area contributed by atoms with Crippen LogP contribution in [0.3, 0.4) is 0 Å². The monoisotopic (exact) mass is 1480 g/mol. The first-order valence-electron chi connectivity index (χ1n) is 36.9. The number of nitrogens with zero attached hydrogens (tertiary/aromatic N) is 4. The number of rotatable bonds is 27. The molecule has 14 N–H and O–H groups in total. The first-order chi connectivity index (χ1) is 50.3. The van der Waals surface area contributed by atoms with Crippen molar-refractivity contribution in [3.63, 3.8) is 0 Å². The number of piperidine rings is 2. The number of pyridine rings is 2. The maximum absolute atomic E-state index is 13.8. The summed E-state index contributed by atoms with van der Waals surface area (Å²) in [6.45, 7) is 13.5. The second-order valence-corrected chi connectivity index (χ2v) is 30.7. The van der Waals surface area contributed by atoms with Crippen LogP contribution < -0.4 is 72.9 Å². The first-order valence-corrected chi connectivity index (χ1v) is 36.9. The summed E-state index contributed by atoms with van der Waals surface area (Å²) in [5.41, 5.74) is 13.4. The molecule has 0 spiro atoms. The van der Waals surface area contributed by atoms with E-state index in [1.165, 1.54) is 12.8 Å². The van der Waals surface area contributed by atoms with Gasteiger partial charge >= 0.3 is 41.5 Å². The van der Waals surface area contributed by atoms with E-state index in [2.05, 4.69) is 51.7 Å². The molecule has 2 saturated carbocycles. The van der Waals surface area contributed by atoms with Crippen molar-refractivity contribution in [3.05, 3.63) is 156 Å². The van der Waals surface area contributed by atoms with E-state index in [4.69, 9.17) is 21.7 Å². The molecule has 2 aromatic heterocycles. The van der Waals surface area contributed by atoms with Crippen LogP contribution in [0, 0.1) is 23.7 Å². The molecule has 0 radical (unpaired) electrons. The zero-order chi connectivity index (χ0) is 76.8. The van der Waals surface area contributed by atoms with Crippen LogP contribution in [-0.4, -0.2) is 185 Å². The van der Waals surface area contributed by atoms with Crippen LogP contribution in [0.1, 0.15) is 164 Å². The first kappa shape index (κ1) is 85.5. The number of carboxylic acids is 2. The van der Waals surface area contributed by atoms with Crippen LogP contribution in [0.25, 0.3) is 21.8 Å². The number of likely N-dealkylation sites (tertiary alicyclic amines) is 2. The van der Waals surface area contributed by atoms with Gasteiger partial charge in [-0.25, -0.2) is 9.97 Å². The molecule has 2 saturated heterocycles. The Morgan fingerprint density at radius 1 is 0.467 bits per heavy atom. The molecule has 4 aliphatic rings. The minimum absolute atomic E-state index is 0. The number of hydrogen-bond donors (Lipinski definition) is 12. The quantitative estimate of drug-likeness (QED) is 0.0330. The van der Waals surface area contributed by atoms with E-state index in [9.17, 15) is 58.2 Å². The van der Waals surface area contributed by atoms with Crippen molar-refractivity contribution in [1.29, 1.82) is 0 Å². The SMILES string of the molecule is CC(C)(C)NC(=O)[C@@H]1C[C@@H]2CCCC[C@@H]2CN1C[C@@H](O)[C@H](Cc1ccccc1)NC(=O)[C@H](CC(N)=O)NC(=O)c1ccc2ccccc2n1.CC(C)(C)NC(=O)[C@@H]1C[C@@H]2CCCC[C@@H]2CN1C[C@@H](O)[C@H](Cc1ccccc1)NC(=O)[C@H](CC(N)=O)NC(=O)c1ccc2ccccc2n1.O=C(O)CCC(=O)O.[Na+]. The molecule has 570 valence electrons. The number of nitrogens with two attached hydrogens (primary N) is 2. The van der Waals surface area contributed by atoms with Gasteiger partial charge in [0.15, 0.2) is 0 Å². The molecule has 26 nitrogen and oxygen atoms in total. The summed E-state index contributed by atoms with van der Waals surface area (Å²) >= 11 is 0. The smallest absolute Gasteiger partial charge is 0.481 e. The molecule has 2 aliphatic carbocycles. The molecule has 4 heterocycles. The topological polar surface area (TPSA) is 408 Å². The summed E-state index contributed by atoms with van der Waals surface area (Å²) in [6, 6.07) is 35.3. The summed E-state index contributed by atoms with van der Waals surface area (Å²) in [5, 5.41) is 58.6. The molecule has 0 bridgehead atoms. The van der Waals surface area contributed by atoms with Crippen molar-refractivity contribution in [1.82, 2.24) is 51.7 Å². The van der Waals surface area contributed by atoms with Gasteiger partial charge in [-0.15, -0.1) is 0 Å². The van der Waals surface area contributed by atoms with Gasteiger partial charge in [0.2, 0.25) is 35.4 Å². The fourth-order valence-electron chi connectivity index (χ4n) is 14.7. The molecule has 2 aliphatic heterocycles. The van der Waals surface area contributed by atoms with Gasteiger partial charge in [-0.3, -0.25) is 57.7 Å². The molecule has 6 aromatic rings. The maximum atomic E-state index is 13.8. The summed E-state index contributed by atoms with van der Waals surface area (Å²) in [6.07, 6.45) is 7.47. The molecular formula is C80H106N12NaO14+. The van der Waals surface area contributed by atoms with Gasteiger partial charge in [-0.2, -0.15) is 0 Å². The van der Waals surface area contributed by atoms with Gasteiger partial charge in [-0.1, -0.05) is 148 Å². The van der Waals surface area contributed by atoms with Gasteiger partial charge in [0, 0.05) is 48.0 Å². The van der Waals surface area contributed by atoms with E-state index in [0.29, 0.717) is 47.8 Å². The minimum atomic E-state index is -1.30. The van der Waals surface area contributed by atoms with Crippen LogP contribution in [0.4, 0.5) is 0 Å². The molecule has 4 aromatic carbocycles. The number of β-amino-alcohol motifs (C(OH)–C–C–N with tert-alkyl or cyclic N) is 2. The second-order valence-electron chi connectivity index (χ2n) is 30.7. The molecule has 0 unspecified atom stereocenters. The largest absolute Gasteiger partial charge is 1.00 e. The van der Waals surface area contributed by atoms with Crippen molar-refractivity contribution >= 4 is 81.0 Å². The van der Waals surface area contributed by atoms with Crippen LogP contribution in [0.15, 0.2) is 133 Å². The van der Waals surface area contributed by atoms with Crippen molar-refractivity contribution < 1.29 is 97.9 Å². The number of para-hydroxylation sites is 2. The molecule has 27 heteroatoms. The molecule has 8 amide bonds. The van der Waals surface area contributed by atoms with Crippen molar-refractivity contribution in [2.24, 2.45) is 35.1 Å². The maximum Gasteiger partial charge on any atom is 1.00 e. The van der Waals surface area contributed by atoms with Crippen LogP contribution in [0.5, 0.6) is 0 Å². The van der Waals surface area contributed by atoms with Gasteiger partial charge in [0.25, 0.3) is 11.8 Å². The Bertz CT molecular complexity index is 3760. The van der Waals surface area contributed by atoms with Crippen molar-refractivity contribution in [2.45, 2.75) is 204 Å². The number of aliphatic carboxylic acids is 2. The van der Waals surface area contributed by atoms with E-state index in [1.807, 2.05) is 139 Å². The van der Waals surface area contributed by atoms with E-state index >= 15 is 0 Å². The Morgan fingerprint density at radius 2 is 0.804 bits per heavy atom. The van der Waals surface area contributed by atoms with Crippen molar-refractivity contribution in [3.8, 4) is 0 Å². The van der Waals surface area contributed by atoms with E-state index in [0.717, 1.165) is 73.3 Å². The number of carbonyl (C=O) groups is 10. The Hall–Kier alpha value is -8.76. The third kappa shape index (κ3) is 27.2. The molecule has 10 rings (SSSR count). The fraction of sp³-hybridized carbons (Fsp3) is 0.500. The Morgan fingerprint density at radius 3 is 1.14 bits per heavy atom. The summed E-state index contributed by atoms with van der Waals surface area (Å²) in [7, 11) is 0. The summed E-state index contributed by atoms with van der Waals surface area (Å²) in [4.78, 5) is 138. The average Bonchev–Trinajstić information content (AvgIpc) is 0.803. The van der Waals surface area contributed by atoms with Crippen LogP contribution >= 0.6 is 0 Å². The number of benzene rings is 4. The molecule has 4 fully saturated rings. The number of hydrogen-bond acceptors (Lipinski definition) is 16. The number of primary amides is 2. The summed E-state index contributed by atoms with van der Waals surface area (Å²) in [5.74, 6) is -4.54. The van der Waals surface area contributed by atoms with Gasteiger partial charge in [-0.05, 0) is 139 Å². The van der Waals surface area contributed by atoms with Crippen LogP contribution in [-0.2, 0) is 51.2 Å². The van der Waals surface area contributed by atoms with E-state index in [-0.39, 0.29) is 91.5 Å². The number of fused-ring (bicyclic) bond motifs is 4. The third-order valence-electron chi connectivity index (χ3n) is 19.9. The predicted octanol–water partition coefficient (Wildman–Crippen LogP) is 3.12. The predicted molar refractivity (Wildman–Crippen MR) is 401 cm³/mol. The molecule has 12 atom stereocenters. The van der Waals surface area contributed by atoms with Crippen molar-refractivity contribution in [2.75, 3.05) is 26.2 Å². The van der Waals surface area contributed by atoms with Gasteiger partial charge in [0.05, 0.1) is 73.1 Å². The Labute approximate surface area is 647 Å². The van der Waals surface area contributed by atoms with E-state index in [1.54, 1.807) is 36.4 Å². The molecule has 107 heavy (non-hydrogen) atoms. The number of carboxylic acid groups (broad SMARTS) is 2. The number of aliphatic hydroxyl groups is 2. The van der Waals surface area contributed by atoms with E-state index < -0.39 is 120 Å². The number of nitrogens with one attached hydrogen (secondary N) is 6. The minimum Gasteiger partial charge on any atom is -0.481 e. The third-order valence-corrected chi connectivity index (χ3v) is 19.9. The van der Waals surface area contributed by atoms with Gasteiger partial charge < -0.3 is 63.8 Å². The number of aromatic nitrogens is 2. The molecular weight excluding hydrogens is 1380 g/mol. The van der Waals surface area contributed by atoms with Crippen LogP contribution in [0.2, 0.25) is 0 Å². The zero-order valence-electron chi connectivity index (χ0n) is 62.6. The normalized spacial score (nSPS) is 20.3. The second kappa shape index (κ2) is 40.4. The fourth-order valence-corrected chi connectivity index (χ4v) is 14.7. The zero-order valence-corrected chi connectivity index (χ0v) is 64.6. The number of amides is 8. The number of aliphatic hydroxyl groups excluding tert-OH is 2. The van der Waals surface area contributed by atoms with Gasteiger partial charge in [0.1, 0.15) is 23.5 Å². The average molecular weight is 1480 g/mol. The summed E-state index contributed by atoms with van der Waals surface area (Å²) < 4.78 is 0. The Balaban J connectivity index is 0.000000268. The number of carbonyl (C=O) groups excluding carboxylic acids is 8. The Kier molecular flexibility index (Phi) is 32.3. The standard InChI is InChI=1S/2C38H50N6O5.C4H6O4.Na/c2*1-38(2,3)43-37(49)32-20-26-14-7-8-15-27(26)22-44(32)23-33(45)30(19-24-11-5-4-6-12-24)41-36(48)31(21-34(39)46)42-35(47)29-18-17-25-13-9-10-16-28(25)40-29;5-3(6)1-2-4(7)8;/h2*4-6,9-13,16-18,26-27,30-33,45H,7-8,14-15,19-23H2,1-3H3,(H2,39,46)(H,41,48)(H,42,47)(H,43,49);1-2H2,(H,5,6)(H,7,8);/q;;;+1/t2*26-,27+,30-,31-,32-,33+;;/m00../s1.